The number of rotatable bonds is 5. The van der Waals surface area contributed by atoms with Crippen molar-refractivity contribution in [2.45, 2.75) is 17.9 Å². The van der Waals surface area contributed by atoms with Gasteiger partial charge in [-0.05, 0) is 49.4 Å². The summed E-state index contributed by atoms with van der Waals surface area (Å²) in [5.74, 6) is -0.609. The van der Waals surface area contributed by atoms with Crippen molar-refractivity contribution in [3.8, 4) is 11.4 Å². The largest absolute Gasteiger partial charge is 0.340 e. The lowest BCUT2D eigenvalue weighted by Crippen LogP contribution is -2.27. The Kier molecular flexibility index (Phi) is 5.48. The van der Waals surface area contributed by atoms with Crippen molar-refractivity contribution in [2.24, 2.45) is 0 Å². The Balaban J connectivity index is 1.79. The summed E-state index contributed by atoms with van der Waals surface area (Å²) >= 11 is 6.03. The number of carbonyl (C=O) groups excluding carboxylic acids is 1. The predicted molar refractivity (Wildman–Crippen MR) is 100 cm³/mol. The number of nitrogens with one attached hydrogen (secondary N) is 1. The van der Waals surface area contributed by atoms with E-state index in [1.165, 1.54) is 42.5 Å². The fraction of sp³-hybridized carbons (Fsp3) is 0.167. The van der Waals surface area contributed by atoms with E-state index >= 15 is 0 Å². The van der Waals surface area contributed by atoms with Gasteiger partial charge in [0.25, 0.3) is 5.91 Å². The monoisotopic (exact) mass is 423 g/mol. The summed E-state index contributed by atoms with van der Waals surface area (Å²) < 4.78 is 41.6. The number of sulfone groups is 1. The van der Waals surface area contributed by atoms with Crippen LogP contribution < -0.4 is 5.32 Å². The van der Waals surface area contributed by atoms with Gasteiger partial charge in [-0.2, -0.15) is 4.98 Å². The van der Waals surface area contributed by atoms with E-state index in [9.17, 15) is 17.6 Å². The van der Waals surface area contributed by atoms with Gasteiger partial charge in [0, 0.05) is 11.8 Å². The first-order valence-corrected chi connectivity index (χ1v) is 10.3. The highest BCUT2D eigenvalue weighted by molar-refractivity contribution is 7.90. The molecule has 7 nitrogen and oxygen atoms in total. The Labute approximate surface area is 165 Å². The number of hydrogen-bond donors (Lipinski definition) is 1. The molecule has 0 aliphatic carbocycles. The maximum absolute atomic E-state index is 13.0. The minimum absolute atomic E-state index is 0.00900. The van der Waals surface area contributed by atoms with Crippen molar-refractivity contribution in [1.82, 2.24) is 15.5 Å². The van der Waals surface area contributed by atoms with Gasteiger partial charge in [-0.1, -0.05) is 16.8 Å². The first kappa shape index (κ1) is 20.0. The standard InChI is InChI=1S/C18H15ClFN3O4S/c1-10(18-22-16(23-27-18)11-3-5-12(20)6-4-11)21-17(24)14-9-13(28(2,25)26)7-8-15(14)19/h3-10H,1-2H3,(H,21,24). The highest BCUT2D eigenvalue weighted by Gasteiger charge is 2.21. The van der Waals surface area contributed by atoms with Gasteiger partial charge in [-0.25, -0.2) is 12.8 Å². The van der Waals surface area contributed by atoms with E-state index in [4.69, 9.17) is 16.1 Å². The number of amides is 1. The second-order valence-corrected chi connectivity index (χ2v) is 8.50. The maximum atomic E-state index is 13.0. The first-order valence-electron chi connectivity index (χ1n) is 8.05. The molecular formula is C18H15ClFN3O4S. The molecule has 0 radical (unpaired) electrons. The minimum atomic E-state index is -3.49. The van der Waals surface area contributed by atoms with Crippen molar-refractivity contribution < 1.29 is 22.1 Å². The summed E-state index contributed by atoms with van der Waals surface area (Å²) in [5.41, 5.74) is 0.563. The van der Waals surface area contributed by atoms with Crippen LogP contribution >= 0.6 is 11.6 Å². The quantitative estimate of drug-likeness (QED) is 0.674. The van der Waals surface area contributed by atoms with Gasteiger partial charge in [0.1, 0.15) is 11.9 Å². The average Bonchev–Trinajstić information content (AvgIpc) is 3.12. The van der Waals surface area contributed by atoms with E-state index in [0.717, 1.165) is 6.26 Å². The van der Waals surface area contributed by atoms with Crippen molar-refractivity contribution >= 4 is 27.3 Å². The molecule has 1 heterocycles. The molecular weight excluding hydrogens is 409 g/mol. The Bertz CT molecular complexity index is 1130. The molecule has 10 heteroatoms. The predicted octanol–water partition coefficient (Wildman–Crippen LogP) is 3.42. The Morgan fingerprint density at radius 3 is 2.54 bits per heavy atom. The smallest absolute Gasteiger partial charge is 0.253 e. The number of hydrogen-bond acceptors (Lipinski definition) is 6. The van der Waals surface area contributed by atoms with Gasteiger partial charge in [-0.15, -0.1) is 0 Å². The number of benzene rings is 2. The molecule has 1 atom stereocenters. The van der Waals surface area contributed by atoms with E-state index in [1.54, 1.807) is 6.92 Å². The molecule has 2 aromatic carbocycles. The van der Waals surface area contributed by atoms with Crippen LogP contribution in [0.15, 0.2) is 51.9 Å². The van der Waals surface area contributed by atoms with Crippen LogP contribution in [0.5, 0.6) is 0 Å². The van der Waals surface area contributed by atoms with Crippen LogP contribution in [0.4, 0.5) is 4.39 Å². The summed E-state index contributed by atoms with van der Waals surface area (Å²) in [7, 11) is -3.49. The molecule has 0 saturated heterocycles. The van der Waals surface area contributed by atoms with E-state index in [-0.39, 0.29) is 33.0 Å². The van der Waals surface area contributed by atoms with Crippen LogP contribution in [0.2, 0.25) is 5.02 Å². The molecule has 0 spiro atoms. The highest BCUT2D eigenvalue weighted by Crippen LogP contribution is 2.23. The zero-order chi connectivity index (χ0) is 20.5. The van der Waals surface area contributed by atoms with E-state index in [0.29, 0.717) is 5.56 Å². The SMILES string of the molecule is CC(NC(=O)c1cc(S(C)(=O)=O)ccc1Cl)c1nc(-c2ccc(F)cc2)no1. The number of carbonyl (C=O) groups is 1. The van der Waals surface area contributed by atoms with Crippen LogP contribution in [0.3, 0.4) is 0 Å². The van der Waals surface area contributed by atoms with Crippen LogP contribution in [-0.4, -0.2) is 30.7 Å². The minimum Gasteiger partial charge on any atom is -0.340 e. The lowest BCUT2D eigenvalue weighted by molar-refractivity contribution is 0.0932. The third-order valence-electron chi connectivity index (χ3n) is 3.87. The molecule has 28 heavy (non-hydrogen) atoms. The lowest BCUT2D eigenvalue weighted by Gasteiger charge is -2.11. The fourth-order valence-electron chi connectivity index (χ4n) is 2.37. The molecule has 3 aromatic rings. The van der Waals surface area contributed by atoms with Gasteiger partial charge in [0.2, 0.25) is 11.7 Å². The molecule has 1 amide bonds. The molecule has 1 unspecified atom stereocenters. The fourth-order valence-corrected chi connectivity index (χ4v) is 3.22. The van der Waals surface area contributed by atoms with Crippen molar-refractivity contribution in [3.05, 3.63) is 64.8 Å². The third-order valence-corrected chi connectivity index (χ3v) is 5.31. The normalized spacial score (nSPS) is 12.6. The van der Waals surface area contributed by atoms with E-state index < -0.39 is 21.8 Å². The summed E-state index contributed by atoms with van der Waals surface area (Å²) in [6, 6.07) is 8.75. The van der Waals surface area contributed by atoms with Crippen molar-refractivity contribution in [2.75, 3.05) is 6.26 Å². The molecule has 0 aliphatic heterocycles. The Morgan fingerprint density at radius 2 is 1.89 bits per heavy atom. The number of nitrogens with zero attached hydrogens (tertiary/aromatic N) is 2. The molecule has 0 fully saturated rings. The molecule has 146 valence electrons. The lowest BCUT2D eigenvalue weighted by atomic mass is 10.2. The van der Waals surface area contributed by atoms with Gasteiger partial charge in [-0.3, -0.25) is 4.79 Å². The third kappa shape index (κ3) is 4.37. The summed E-state index contributed by atoms with van der Waals surface area (Å²) in [6.07, 6.45) is 1.04. The van der Waals surface area contributed by atoms with Crippen LogP contribution in [0, 0.1) is 5.82 Å². The molecule has 1 aromatic heterocycles. The maximum Gasteiger partial charge on any atom is 0.253 e. The van der Waals surface area contributed by atoms with Crippen molar-refractivity contribution in [3.63, 3.8) is 0 Å². The molecule has 0 aliphatic rings. The highest BCUT2D eigenvalue weighted by atomic mass is 35.5. The number of halogens is 2. The second-order valence-electron chi connectivity index (χ2n) is 6.07. The molecule has 0 saturated carbocycles. The van der Waals surface area contributed by atoms with Gasteiger partial charge in [0.15, 0.2) is 9.84 Å². The van der Waals surface area contributed by atoms with Gasteiger partial charge >= 0.3 is 0 Å². The first-order chi connectivity index (χ1) is 13.1. The van der Waals surface area contributed by atoms with Gasteiger partial charge in [0.05, 0.1) is 15.5 Å². The average molecular weight is 424 g/mol. The summed E-state index contributed by atoms with van der Waals surface area (Å²) in [6.45, 7) is 1.62. The van der Waals surface area contributed by atoms with E-state index in [1.807, 2.05) is 0 Å². The van der Waals surface area contributed by atoms with Crippen molar-refractivity contribution in [1.29, 1.82) is 0 Å². The molecule has 3 rings (SSSR count). The Hall–Kier alpha value is -2.78. The summed E-state index contributed by atoms with van der Waals surface area (Å²) in [4.78, 5) is 16.7. The zero-order valence-corrected chi connectivity index (χ0v) is 16.4. The topological polar surface area (TPSA) is 102 Å². The molecule has 0 bridgehead atoms. The molecule has 1 N–H and O–H groups in total. The number of aromatic nitrogens is 2. The van der Waals surface area contributed by atoms with Crippen LogP contribution in [-0.2, 0) is 9.84 Å². The second kappa shape index (κ2) is 7.69. The van der Waals surface area contributed by atoms with E-state index in [2.05, 4.69) is 15.5 Å². The van der Waals surface area contributed by atoms with Crippen LogP contribution in [0.1, 0.15) is 29.2 Å². The zero-order valence-electron chi connectivity index (χ0n) is 14.8. The van der Waals surface area contributed by atoms with Crippen LogP contribution in [0.25, 0.3) is 11.4 Å². The Morgan fingerprint density at radius 1 is 1.21 bits per heavy atom. The summed E-state index contributed by atoms with van der Waals surface area (Å²) in [5, 5.41) is 6.55. The van der Waals surface area contributed by atoms with Gasteiger partial charge < -0.3 is 9.84 Å².